The van der Waals surface area contributed by atoms with Crippen molar-refractivity contribution in [1.29, 1.82) is 0 Å². The average molecular weight is 393 g/mol. The third-order valence-electron chi connectivity index (χ3n) is 4.54. The standard InChI is InChI=1S/C20H24N2O2S.ClH/c21-18-10-9-17(12-18)20(23)22-19-8-4-7-16(11-19)14-25(24)13-15-5-2-1-3-6-15;/h1-8,11,17-18H,9-10,12-14,21H2,(H,22,23);1H. The normalized spacial score (nSPS) is 20.2. The minimum atomic E-state index is -0.979. The Bertz CT molecular complexity index is 754. The molecule has 0 radical (unpaired) electrons. The zero-order chi connectivity index (χ0) is 17.6. The van der Waals surface area contributed by atoms with E-state index in [1.165, 1.54) is 0 Å². The Morgan fingerprint density at radius 2 is 1.73 bits per heavy atom. The van der Waals surface area contributed by atoms with Crippen molar-refractivity contribution in [3.05, 3.63) is 65.7 Å². The van der Waals surface area contributed by atoms with Crippen molar-refractivity contribution in [1.82, 2.24) is 0 Å². The van der Waals surface area contributed by atoms with Crippen molar-refractivity contribution in [2.75, 3.05) is 5.32 Å². The zero-order valence-corrected chi connectivity index (χ0v) is 16.2. The van der Waals surface area contributed by atoms with Gasteiger partial charge in [-0.1, -0.05) is 42.5 Å². The van der Waals surface area contributed by atoms with Gasteiger partial charge >= 0.3 is 0 Å². The van der Waals surface area contributed by atoms with E-state index in [0.29, 0.717) is 11.5 Å². The highest BCUT2D eigenvalue weighted by Crippen LogP contribution is 2.25. The largest absolute Gasteiger partial charge is 0.328 e. The number of carbonyl (C=O) groups excluding carboxylic acids is 1. The summed E-state index contributed by atoms with van der Waals surface area (Å²) >= 11 is 0. The highest BCUT2D eigenvalue weighted by Gasteiger charge is 2.27. The SMILES string of the molecule is Cl.NC1CCC(C(=O)Nc2cccc(CS(=O)Cc3ccccc3)c2)C1. The molecule has 1 fully saturated rings. The van der Waals surface area contributed by atoms with Crippen LogP contribution < -0.4 is 11.1 Å². The number of halogens is 1. The summed E-state index contributed by atoms with van der Waals surface area (Å²) in [7, 11) is -0.979. The van der Waals surface area contributed by atoms with Gasteiger partial charge in [0.2, 0.25) is 5.91 Å². The third kappa shape index (κ3) is 5.94. The Balaban J connectivity index is 0.00000243. The molecule has 0 aromatic heterocycles. The molecule has 2 aromatic rings. The fourth-order valence-electron chi connectivity index (χ4n) is 3.23. The van der Waals surface area contributed by atoms with Crippen molar-refractivity contribution >= 4 is 34.8 Å². The molecule has 1 aliphatic rings. The fraction of sp³-hybridized carbons (Fsp3) is 0.350. The number of benzene rings is 2. The van der Waals surface area contributed by atoms with Gasteiger partial charge in [0.15, 0.2) is 0 Å². The molecule has 140 valence electrons. The summed E-state index contributed by atoms with van der Waals surface area (Å²) in [6.45, 7) is 0. The minimum Gasteiger partial charge on any atom is -0.328 e. The van der Waals surface area contributed by atoms with Crippen LogP contribution in [0.1, 0.15) is 30.4 Å². The summed E-state index contributed by atoms with van der Waals surface area (Å²) in [6, 6.07) is 17.6. The van der Waals surface area contributed by atoms with Gasteiger partial charge in [-0.25, -0.2) is 0 Å². The maximum Gasteiger partial charge on any atom is 0.227 e. The summed E-state index contributed by atoms with van der Waals surface area (Å²) in [4.78, 5) is 12.3. The number of hydrogen-bond donors (Lipinski definition) is 2. The molecule has 0 saturated heterocycles. The second-order valence-corrected chi connectivity index (χ2v) is 8.13. The van der Waals surface area contributed by atoms with Gasteiger partial charge in [-0.3, -0.25) is 9.00 Å². The highest BCUT2D eigenvalue weighted by molar-refractivity contribution is 7.83. The lowest BCUT2D eigenvalue weighted by molar-refractivity contribution is -0.119. The summed E-state index contributed by atoms with van der Waals surface area (Å²) in [5, 5.41) is 2.97. The summed E-state index contributed by atoms with van der Waals surface area (Å²) in [5.41, 5.74) is 8.69. The van der Waals surface area contributed by atoms with Crippen molar-refractivity contribution in [3.63, 3.8) is 0 Å². The molecule has 4 nitrogen and oxygen atoms in total. The molecule has 3 N–H and O–H groups in total. The van der Waals surface area contributed by atoms with E-state index in [1.807, 2.05) is 54.6 Å². The Morgan fingerprint density at radius 1 is 1.04 bits per heavy atom. The van der Waals surface area contributed by atoms with Gasteiger partial charge in [0.05, 0.1) is 0 Å². The van der Waals surface area contributed by atoms with Crippen LogP contribution in [0, 0.1) is 5.92 Å². The average Bonchev–Trinajstić information content (AvgIpc) is 3.02. The van der Waals surface area contributed by atoms with Gasteiger partial charge < -0.3 is 11.1 Å². The summed E-state index contributed by atoms with van der Waals surface area (Å²) < 4.78 is 12.4. The molecule has 2 aromatic carbocycles. The van der Waals surface area contributed by atoms with Crippen LogP contribution in [-0.2, 0) is 27.1 Å². The number of anilines is 1. The molecule has 1 saturated carbocycles. The van der Waals surface area contributed by atoms with Crippen LogP contribution in [0.25, 0.3) is 0 Å². The van der Waals surface area contributed by atoms with E-state index in [9.17, 15) is 9.00 Å². The van der Waals surface area contributed by atoms with Gasteiger partial charge in [-0.2, -0.15) is 0 Å². The number of hydrogen-bond acceptors (Lipinski definition) is 3. The van der Waals surface area contributed by atoms with Crippen LogP contribution >= 0.6 is 12.4 Å². The summed E-state index contributed by atoms with van der Waals surface area (Å²) in [5.74, 6) is 1.06. The molecule has 3 atom stereocenters. The molecule has 0 heterocycles. The smallest absolute Gasteiger partial charge is 0.227 e. The molecule has 1 aliphatic carbocycles. The van der Waals surface area contributed by atoms with Crippen LogP contribution in [0.4, 0.5) is 5.69 Å². The Morgan fingerprint density at radius 3 is 2.42 bits per heavy atom. The van der Waals surface area contributed by atoms with Gasteiger partial charge in [-0.05, 0) is 42.5 Å². The Labute approximate surface area is 163 Å². The monoisotopic (exact) mass is 392 g/mol. The molecule has 0 aliphatic heterocycles. The molecule has 6 heteroatoms. The van der Waals surface area contributed by atoms with E-state index >= 15 is 0 Å². The highest BCUT2D eigenvalue weighted by atomic mass is 35.5. The number of nitrogens with one attached hydrogen (secondary N) is 1. The first kappa shape index (κ1) is 20.6. The molecule has 26 heavy (non-hydrogen) atoms. The van der Waals surface area contributed by atoms with Crippen LogP contribution in [0.15, 0.2) is 54.6 Å². The molecule has 3 rings (SSSR count). The van der Waals surface area contributed by atoms with E-state index in [0.717, 1.165) is 36.1 Å². The van der Waals surface area contributed by atoms with E-state index < -0.39 is 10.8 Å². The van der Waals surface area contributed by atoms with Crippen molar-refractivity contribution in [2.45, 2.75) is 36.8 Å². The molecule has 0 spiro atoms. The van der Waals surface area contributed by atoms with Crippen molar-refractivity contribution < 1.29 is 9.00 Å². The topological polar surface area (TPSA) is 72.2 Å². The predicted octanol–water partition coefficient (Wildman–Crippen LogP) is 3.62. The number of rotatable bonds is 6. The maximum absolute atomic E-state index is 12.4. The van der Waals surface area contributed by atoms with Crippen LogP contribution in [0.5, 0.6) is 0 Å². The first-order valence-electron chi connectivity index (χ1n) is 8.64. The van der Waals surface area contributed by atoms with Gasteiger partial charge in [0.1, 0.15) is 0 Å². The van der Waals surface area contributed by atoms with Crippen LogP contribution in [0.2, 0.25) is 0 Å². The zero-order valence-electron chi connectivity index (χ0n) is 14.6. The van der Waals surface area contributed by atoms with E-state index in [4.69, 9.17) is 5.73 Å². The van der Waals surface area contributed by atoms with E-state index in [-0.39, 0.29) is 30.3 Å². The molecular formula is C20H25ClN2O2S. The lowest BCUT2D eigenvalue weighted by atomic mass is 10.1. The number of nitrogens with two attached hydrogens (primary N) is 1. The Kier molecular flexibility index (Phi) is 7.82. The summed E-state index contributed by atoms with van der Waals surface area (Å²) in [6.07, 6.45) is 2.52. The molecule has 1 amide bonds. The number of carbonyl (C=O) groups is 1. The van der Waals surface area contributed by atoms with Crippen molar-refractivity contribution in [3.8, 4) is 0 Å². The maximum atomic E-state index is 12.4. The molecular weight excluding hydrogens is 368 g/mol. The molecule has 3 unspecified atom stereocenters. The van der Waals surface area contributed by atoms with Gasteiger partial charge in [0, 0.05) is 40.0 Å². The van der Waals surface area contributed by atoms with Crippen LogP contribution in [-0.4, -0.2) is 16.2 Å². The van der Waals surface area contributed by atoms with Crippen LogP contribution in [0.3, 0.4) is 0 Å². The van der Waals surface area contributed by atoms with Crippen molar-refractivity contribution in [2.24, 2.45) is 11.7 Å². The predicted molar refractivity (Wildman–Crippen MR) is 110 cm³/mol. The third-order valence-corrected chi connectivity index (χ3v) is 5.85. The van der Waals surface area contributed by atoms with Gasteiger partial charge in [0.25, 0.3) is 0 Å². The second kappa shape index (κ2) is 9.86. The second-order valence-electron chi connectivity index (χ2n) is 6.67. The first-order valence-corrected chi connectivity index (χ1v) is 10.1. The Hall–Kier alpha value is -1.69. The number of amides is 1. The molecule has 0 bridgehead atoms. The fourth-order valence-corrected chi connectivity index (χ4v) is 4.45. The lowest BCUT2D eigenvalue weighted by Gasteiger charge is -2.12. The quantitative estimate of drug-likeness (QED) is 0.788. The first-order chi connectivity index (χ1) is 12.1. The van der Waals surface area contributed by atoms with E-state index in [2.05, 4.69) is 5.32 Å². The minimum absolute atomic E-state index is 0. The lowest BCUT2D eigenvalue weighted by Crippen LogP contribution is -2.23. The van der Waals surface area contributed by atoms with Gasteiger partial charge in [-0.15, -0.1) is 12.4 Å². The van der Waals surface area contributed by atoms with E-state index in [1.54, 1.807) is 0 Å².